The maximum absolute atomic E-state index is 12.0. The Hall–Kier alpha value is -1.56. The highest BCUT2D eigenvalue weighted by atomic mass is 32.2. The Morgan fingerprint density at radius 3 is 2.39 bits per heavy atom. The van der Waals surface area contributed by atoms with Crippen molar-refractivity contribution in [3.63, 3.8) is 0 Å². The van der Waals surface area contributed by atoms with Crippen LogP contribution in [0.4, 0.5) is 5.69 Å². The van der Waals surface area contributed by atoms with E-state index in [0.29, 0.717) is 12.1 Å². The quantitative estimate of drug-likeness (QED) is 0.850. The number of nitrogens with zero attached hydrogens (tertiary/aromatic N) is 1. The van der Waals surface area contributed by atoms with E-state index in [1.165, 1.54) is 6.92 Å². The Morgan fingerprint density at radius 1 is 1.28 bits per heavy atom. The molecule has 0 bridgehead atoms. The summed E-state index contributed by atoms with van der Waals surface area (Å²) in [5.41, 5.74) is 1.26. The van der Waals surface area contributed by atoms with Crippen LogP contribution < -0.4 is 4.31 Å². The first-order chi connectivity index (χ1) is 8.42. The van der Waals surface area contributed by atoms with Crippen molar-refractivity contribution in [1.29, 1.82) is 0 Å². The van der Waals surface area contributed by atoms with E-state index < -0.39 is 22.5 Å². The molecule has 0 atom stereocenters. The number of carboxylic acid groups (broad SMARTS) is 1. The van der Waals surface area contributed by atoms with Gasteiger partial charge in [0.2, 0.25) is 10.0 Å². The molecule has 0 aliphatic carbocycles. The van der Waals surface area contributed by atoms with Gasteiger partial charge in [0.05, 0.1) is 11.4 Å². The third kappa shape index (κ3) is 3.22. The molecule has 1 N–H and O–H groups in total. The minimum absolute atomic E-state index is 0.127. The normalized spacial score (nSPS) is 11.2. The lowest BCUT2D eigenvalue weighted by Gasteiger charge is -2.24. The number of aliphatic carboxylic acids is 1. The maximum Gasteiger partial charge on any atom is 0.324 e. The summed E-state index contributed by atoms with van der Waals surface area (Å²) >= 11 is 0. The highest BCUT2D eigenvalue weighted by molar-refractivity contribution is 7.92. The molecule has 0 amide bonds. The highest BCUT2D eigenvalue weighted by Crippen LogP contribution is 2.23. The van der Waals surface area contributed by atoms with Gasteiger partial charge in [-0.25, -0.2) is 8.42 Å². The molecule has 0 saturated carbocycles. The van der Waals surface area contributed by atoms with Crippen LogP contribution in [0.3, 0.4) is 0 Å². The minimum Gasteiger partial charge on any atom is -0.480 e. The number of benzene rings is 1. The molecule has 0 saturated heterocycles. The zero-order valence-corrected chi connectivity index (χ0v) is 11.3. The van der Waals surface area contributed by atoms with E-state index in [-0.39, 0.29) is 5.75 Å². The zero-order valence-electron chi connectivity index (χ0n) is 10.5. The van der Waals surface area contributed by atoms with Crippen LogP contribution in [-0.2, 0) is 21.2 Å². The van der Waals surface area contributed by atoms with Crippen LogP contribution in [-0.4, -0.2) is 31.8 Å². The number of carboxylic acids is 1. The molecule has 0 aliphatic rings. The first-order valence-corrected chi connectivity index (χ1v) is 7.33. The molecular weight excluding hydrogens is 254 g/mol. The Bertz CT molecular complexity index is 525. The van der Waals surface area contributed by atoms with Gasteiger partial charge in [0, 0.05) is 0 Å². The summed E-state index contributed by atoms with van der Waals surface area (Å²) in [6.45, 7) is 2.85. The number of hydrogen-bond donors (Lipinski definition) is 1. The van der Waals surface area contributed by atoms with E-state index in [9.17, 15) is 13.2 Å². The van der Waals surface area contributed by atoms with Gasteiger partial charge in [-0.1, -0.05) is 25.1 Å². The fourth-order valence-electron chi connectivity index (χ4n) is 1.67. The van der Waals surface area contributed by atoms with Crippen molar-refractivity contribution in [2.75, 3.05) is 16.6 Å². The molecule has 0 aliphatic heterocycles. The molecule has 18 heavy (non-hydrogen) atoms. The monoisotopic (exact) mass is 271 g/mol. The summed E-state index contributed by atoms with van der Waals surface area (Å²) < 4.78 is 24.9. The minimum atomic E-state index is -3.59. The van der Waals surface area contributed by atoms with E-state index in [4.69, 9.17) is 5.11 Å². The van der Waals surface area contributed by atoms with Gasteiger partial charge in [-0.3, -0.25) is 9.10 Å². The van der Waals surface area contributed by atoms with Gasteiger partial charge in [0.1, 0.15) is 6.54 Å². The number of para-hydroxylation sites is 1. The Labute approximate surface area is 107 Å². The van der Waals surface area contributed by atoms with Crippen molar-refractivity contribution in [3.05, 3.63) is 29.8 Å². The Kier molecular flexibility index (Phi) is 4.72. The molecule has 0 heterocycles. The molecule has 0 aromatic heterocycles. The van der Waals surface area contributed by atoms with Gasteiger partial charge in [0.25, 0.3) is 0 Å². The predicted octanol–water partition coefficient (Wildman–Crippen LogP) is 1.49. The van der Waals surface area contributed by atoms with E-state index in [2.05, 4.69) is 0 Å². The van der Waals surface area contributed by atoms with Crippen LogP contribution in [0.5, 0.6) is 0 Å². The summed E-state index contributed by atoms with van der Waals surface area (Å²) in [6, 6.07) is 6.94. The molecule has 1 rings (SSSR count). The first-order valence-electron chi connectivity index (χ1n) is 5.72. The lowest BCUT2D eigenvalue weighted by molar-refractivity contribution is -0.135. The molecule has 0 radical (unpaired) electrons. The van der Waals surface area contributed by atoms with Crippen LogP contribution in [0, 0.1) is 0 Å². The lowest BCUT2D eigenvalue weighted by Crippen LogP contribution is -2.37. The average Bonchev–Trinajstić information content (AvgIpc) is 2.35. The Balaban J connectivity index is 3.30. The van der Waals surface area contributed by atoms with Crippen molar-refractivity contribution in [2.45, 2.75) is 20.3 Å². The molecule has 0 unspecified atom stereocenters. The molecule has 1 aromatic carbocycles. The number of hydrogen-bond acceptors (Lipinski definition) is 3. The van der Waals surface area contributed by atoms with Crippen LogP contribution in [0.1, 0.15) is 19.4 Å². The van der Waals surface area contributed by atoms with Gasteiger partial charge in [0.15, 0.2) is 0 Å². The van der Waals surface area contributed by atoms with Crippen molar-refractivity contribution in [1.82, 2.24) is 0 Å². The Morgan fingerprint density at radius 2 is 1.89 bits per heavy atom. The highest BCUT2D eigenvalue weighted by Gasteiger charge is 2.24. The smallest absolute Gasteiger partial charge is 0.324 e. The lowest BCUT2D eigenvalue weighted by atomic mass is 10.1. The largest absolute Gasteiger partial charge is 0.480 e. The van der Waals surface area contributed by atoms with Crippen LogP contribution >= 0.6 is 0 Å². The summed E-state index contributed by atoms with van der Waals surface area (Å²) in [7, 11) is -3.59. The topological polar surface area (TPSA) is 74.7 Å². The van der Waals surface area contributed by atoms with Crippen molar-refractivity contribution < 1.29 is 18.3 Å². The van der Waals surface area contributed by atoms with Crippen LogP contribution in [0.15, 0.2) is 24.3 Å². The van der Waals surface area contributed by atoms with Crippen molar-refractivity contribution >= 4 is 21.7 Å². The fourth-order valence-corrected chi connectivity index (χ4v) is 2.76. The standard InChI is InChI=1S/C12H17NO4S/c1-3-10-7-5-6-8-11(10)13(9-12(14)15)18(16,17)4-2/h5-8H,3-4,9H2,1-2H3,(H,14,15). The predicted molar refractivity (Wildman–Crippen MR) is 70.3 cm³/mol. The molecule has 100 valence electrons. The van der Waals surface area contributed by atoms with Crippen molar-refractivity contribution in [2.24, 2.45) is 0 Å². The first kappa shape index (κ1) is 14.5. The SMILES string of the molecule is CCc1ccccc1N(CC(=O)O)S(=O)(=O)CC. The van der Waals surface area contributed by atoms with Gasteiger partial charge < -0.3 is 5.11 Å². The zero-order chi connectivity index (χ0) is 13.8. The molecule has 5 nitrogen and oxygen atoms in total. The number of rotatable bonds is 6. The van der Waals surface area contributed by atoms with E-state index >= 15 is 0 Å². The maximum atomic E-state index is 12.0. The van der Waals surface area contributed by atoms with E-state index in [1.807, 2.05) is 6.92 Å². The molecular formula is C12H17NO4S. The molecule has 0 fully saturated rings. The van der Waals surface area contributed by atoms with Crippen LogP contribution in [0.25, 0.3) is 0 Å². The second kappa shape index (κ2) is 5.86. The van der Waals surface area contributed by atoms with Crippen molar-refractivity contribution in [3.8, 4) is 0 Å². The number of carbonyl (C=O) groups is 1. The second-order valence-electron chi connectivity index (χ2n) is 3.78. The van der Waals surface area contributed by atoms with Gasteiger partial charge in [-0.05, 0) is 25.0 Å². The van der Waals surface area contributed by atoms with E-state index in [1.54, 1.807) is 24.3 Å². The fraction of sp³-hybridized carbons (Fsp3) is 0.417. The summed E-state index contributed by atoms with van der Waals surface area (Å²) in [4.78, 5) is 10.8. The summed E-state index contributed by atoms with van der Waals surface area (Å²) in [5.74, 6) is -1.30. The summed E-state index contributed by atoms with van der Waals surface area (Å²) in [6.07, 6.45) is 0.644. The molecule has 0 spiro atoms. The average molecular weight is 271 g/mol. The number of anilines is 1. The second-order valence-corrected chi connectivity index (χ2v) is 5.97. The third-order valence-corrected chi connectivity index (χ3v) is 4.35. The third-order valence-electron chi connectivity index (χ3n) is 2.62. The number of aryl methyl sites for hydroxylation is 1. The van der Waals surface area contributed by atoms with E-state index in [0.717, 1.165) is 9.87 Å². The van der Waals surface area contributed by atoms with Gasteiger partial charge in [-0.15, -0.1) is 0 Å². The summed E-state index contributed by atoms with van der Waals surface area (Å²) in [5, 5.41) is 8.86. The molecule has 6 heteroatoms. The molecule has 1 aromatic rings. The number of sulfonamides is 1. The van der Waals surface area contributed by atoms with Crippen LogP contribution in [0.2, 0.25) is 0 Å². The van der Waals surface area contributed by atoms with Gasteiger partial charge >= 0.3 is 5.97 Å². The van der Waals surface area contributed by atoms with Gasteiger partial charge in [-0.2, -0.15) is 0 Å².